The normalized spacial score (nSPS) is 27.8. The van der Waals surface area contributed by atoms with Gasteiger partial charge in [-0.1, -0.05) is 48.7 Å². The number of esters is 1. The van der Waals surface area contributed by atoms with Crippen LogP contribution in [-0.4, -0.2) is 15.4 Å². The fourth-order valence-corrected chi connectivity index (χ4v) is 2.71. The van der Waals surface area contributed by atoms with Crippen LogP contribution in [0.1, 0.15) is 41.0 Å². The first kappa shape index (κ1) is 15.4. The molecule has 0 spiro atoms. The fourth-order valence-electron chi connectivity index (χ4n) is 2.21. The van der Waals surface area contributed by atoms with Crippen molar-refractivity contribution in [2.24, 2.45) is 17.3 Å². The Morgan fingerprint density at radius 2 is 1.71 bits per heavy atom. The van der Waals surface area contributed by atoms with E-state index >= 15 is 0 Å². The highest BCUT2D eigenvalue weighted by Crippen LogP contribution is 2.63. The van der Waals surface area contributed by atoms with Crippen LogP contribution in [0.25, 0.3) is 0 Å². The molecule has 1 rings (SSSR count). The van der Waals surface area contributed by atoms with Crippen LogP contribution in [0.2, 0.25) is 0 Å². The third kappa shape index (κ3) is 4.18. The maximum absolute atomic E-state index is 12.0. The number of ether oxygens (including phenoxy) is 1. The zero-order chi connectivity index (χ0) is 13.6. The molecule has 5 heteroatoms. The van der Waals surface area contributed by atoms with E-state index in [0.717, 1.165) is 0 Å². The topological polar surface area (TPSA) is 26.3 Å². The number of carbonyl (C=O) groups excluding carboxylic acids is 1. The summed E-state index contributed by atoms with van der Waals surface area (Å²) >= 11 is 17.3. The van der Waals surface area contributed by atoms with E-state index in [0.29, 0.717) is 6.42 Å². The predicted octanol–water partition coefficient (Wildman–Crippen LogP) is 4.36. The molecule has 1 saturated carbocycles. The molecule has 2 atom stereocenters. The van der Waals surface area contributed by atoms with Gasteiger partial charge in [-0.15, -0.1) is 0 Å². The third-order valence-corrected chi connectivity index (χ3v) is 3.63. The second kappa shape index (κ2) is 4.47. The predicted molar refractivity (Wildman–Crippen MR) is 71.5 cm³/mol. The molecule has 2 nitrogen and oxygen atoms in total. The quantitative estimate of drug-likeness (QED) is 0.559. The van der Waals surface area contributed by atoms with Gasteiger partial charge in [0.1, 0.15) is 5.60 Å². The van der Waals surface area contributed by atoms with Crippen LogP contribution in [0.15, 0.2) is 0 Å². The highest BCUT2D eigenvalue weighted by atomic mass is 35.6. The minimum absolute atomic E-state index is 0.0739. The van der Waals surface area contributed by atoms with Crippen LogP contribution in [0, 0.1) is 17.3 Å². The highest BCUT2D eigenvalue weighted by molar-refractivity contribution is 6.67. The van der Waals surface area contributed by atoms with Gasteiger partial charge in [0.15, 0.2) is 3.79 Å². The van der Waals surface area contributed by atoms with Crippen molar-refractivity contribution in [3.05, 3.63) is 0 Å². The third-order valence-electron chi connectivity index (χ3n) is 3.16. The summed E-state index contributed by atoms with van der Waals surface area (Å²) in [6, 6.07) is 0. The molecule has 100 valence electrons. The Labute approximate surface area is 118 Å². The number of hydrogen-bond acceptors (Lipinski definition) is 2. The molecule has 1 aliphatic carbocycles. The smallest absolute Gasteiger partial charge is 0.310 e. The van der Waals surface area contributed by atoms with E-state index in [9.17, 15) is 4.79 Å². The average Bonchev–Trinajstić information content (AvgIpc) is 2.44. The highest BCUT2D eigenvalue weighted by Gasteiger charge is 2.64. The fraction of sp³-hybridized carbons (Fsp3) is 0.917. The van der Waals surface area contributed by atoms with Crippen LogP contribution in [0.4, 0.5) is 0 Å². The molecule has 0 N–H and O–H groups in total. The molecule has 0 aromatic carbocycles. The van der Waals surface area contributed by atoms with Gasteiger partial charge in [-0.2, -0.15) is 0 Å². The average molecular weight is 302 g/mol. The first-order chi connectivity index (χ1) is 7.34. The summed E-state index contributed by atoms with van der Waals surface area (Å²) < 4.78 is 4.07. The summed E-state index contributed by atoms with van der Waals surface area (Å²) in [4.78, 5) is 12.0. The second-order valence-corrected chi connectivity index (χ2v) is 8.77. The van der Waals surface area contributed by atoms with E-state index < -0.39 is 9.39 Å². The molecule has 2 unspecified atom stereocenters. The number of carbonyl (C=O) groups is 1. The van der Waals surface area contributed by atoms with Crippen molar-refractivity contribution < 1.29 is 9.53 Å². The van der Waals surface area contributed by atoms with Gasteiger partial charge in [-0.3, -0.25) is 4.79 Å². The summed E-state index contributed by atoms with van der Waals surface area (Å²) in [7, 11) is 0. The molecular weight excluding hydrogens is 282 g/mol. The van der Waals surface area contributed by atoms with Crippen molar-refractivity contribution in [1.82, 2.24) is 0 Å². The van der Waals surface area contributed by atoms with Gasteiger partial charge >= 0.3 is 5.97 Å². The van der Waals surface area contributed by atoms with E-state index in [2.05, 4.69) is 0 Å². The molecule has 0 heterocycles. The van der Waals surface area contributed by atoms with Crippen LogP contribution < -0.4 is 0 Å². The Hall–Kier alpha value is 0.340. The van der Waals surface area contributed by atoms with Crippen molar-refractivity contribution in [2.75, 3.05) is 0 Å². The van der Waals surface area contributed by atoms with E-state index in [1.165, 1.54) is 0 Å². The van der Waals surface area contributed by atoms with Crippen molar-refractivity contribution in [3.8, 4) is 0 Å². The summed E-state index contributed by atoms with van der Waals surface area (Å²) in [5.74, 6) is -0.288. The zero-order valence-electron chi connectivity index (χ0n) is 10.8. The van der Waals surface area contributed by atoms with Crippen molar-refractivity contribution in [1.29, 1.82) is 0 Å². The number of rotatable bonds is 2. The molecule has 17 heavy (non-hydrogen) atoms. The Bertz CT molecular complexity index is 313. The molecule has 1 aliphatic rings. The van der Waals surface area contributed by atoms with Gasteiger partial charge in [-0.05, 0) is 38.5 Å². The zero-order valence-corrected chi connectivity index (χ0v) is 13.1. The van der Waals surface area contributed by atoms with Crippen molar-refractivity contribution in [3.63, 3.8) is 0 Å². The SMILES string of the molecule is CC(C)(C)OC(=O)C1C(CC(Cl)(Cl)Cl)C1(C)C. The van der Waals surface area contributed by atoms with Crippen molar-refractivity contribution in [2.45, 2.75) is 50.4 Å². The summed E-state index contributed by atoms with van der Waals surface area (Å²) in [6.07, 6.45) is 0.384. The lowest BCUT2D eigenvalue weighted by Gasteiger charge is -2.20. The molecule has 0 radical (unpaired) electrons. The monoisotopic (exact) mass is 300 g/mol. The summed E-state index contributed by atoms with van der Waals surface area (Å²) in [5, 5.41) is 0. The van der Waals surface area contributed by atoms with Crippen LogP contribution in [-0.2, 0) is 9.53 Å². The van der Waals surface area contributed by atoms with E-state index in [1.54, 1.807) is 0 Å². The molecular formula is C12H19Cl3O2. The van der Waals surface area contributed by atoms with Gasteiger partial charge in [0.25, 0.3) is 0 Å². The molecule has 0 aromatic heterocycles. The van der Waals surface area contributed by atoms with Crippen LogP contribution in [0.5, 0.6) is 0 Å². The minimum Gasteiger partial charge on any atom is -0.460 e. The number of hydrogen-bond donors (Lipinski definition) is 0. The van der Waals surface area contributed by atoms with Gasteiger partial charge in [0.05, 0.1) is 5.92 Å². The lowest BCUT2D eigenvalue weighted by atomic mass is 10.1. The van der Waals surface area contributed by atoms with Crippen LogP contribution in [0.3, 0.4) is 0 Å². The van der Waals surface area contributed by atoms with Crippen molar-refractivity contribution >= 4 is 40.8 Å². The molecule has 0 amide bonds. The lowest BCUT2D eigenvalue weighted by Crippen LogP contribution is -2.26. The first-order valence-electron chi connectivity index (χ1n) is 5.64. The van der Waals surface area contributed by atoms with Gasteiger partial charge < -0.3 is 4.74 Å². The Balaban J connectivity index is 2.65. The summed E-state index contributed by atoms with van der Waals surface area (Å²) in [6.45, 7) is 9.56. The number of alkyl halides is 3. The standard InChI is InChI=1S/C12H19Cl3O2/c1-10(2,3)17-9(16)8-7(11(8,4)5)6-12(13,14)15/h7-8H,6H2,1-5H3. The number of halogens is 3. The van der Waals surface area contributed by atoms with Gasteiger partial charge in [-0.25, -0.2) is 0 Å². The maximum Gasteiger partial charge on any atom is 0.310 e. The summed E-state index contributed by atoms with van der Waals surface area (Å²) in [5.41, 5.74) is -0.619. The minimum atomic E-state index is -1.31. The van der Waals surface area contributed by atoms with Gasteiger partial charge in [0, 0.05) is 0 Å². The lowest BCUT2D eigenvalue weighted by molar-refractivity contribution is -0.157. The Morgan fingerprint density at radius 3 is 2.06 bits per heavy atom. The molecule has 0 aliphatic heterocycles. The van der Waals surface area contributed by atoms with E-state index in [1.807, 2.05) is 34.6 Å². The van der Waals surface area contributed by atoms with E-state index in [-0.39, 0.29) is 23.2 Å². The van der Waals surface area contributed by atoms with Gasteiger partial charge in [0.2, 0.25) is 0 Å². The second-order valence-electron chi connectivity index (χ2n) is 6.26. The molecule has 0 saturated heterocycles. The Morgan fingerprint density at radius 1 is 1.24 bits per heavy atom. The Kier molecular flexibility index (Phi) is 4.05. The maximum atomic E-state index is 12.0. The largest absolute Gasteiger partial charge is 0.460 e. The molecule has 0 aromatic rings. The molecule has 0 bridgehead atoms. The molecule has 1 fully saturated rings. The van der Waals surface area contributed by atoms with Crippen LogP contribution >= 0.6 is 34.8 Å². The van der Waals surface area contributed by atoms with E-state index in [4.69, 9.17) is 39.5 Å². The first-order valence-corrected chi connectivity index (χ1v) is 6.77.